The van der Waals surface area contributed by atoms with Gasteiger partial charge in [-0.2, -0.15) is 18.3 Å². The Kier molecular flexibility index (Phi) is 7.63. The van der Waals surface area contributed by atoms with Crippen LogP contribution in [-0.2, 0) is 17.4 Å². The lowest BCUT2D eigenvalue weighted by atomic mass is 9.80. The van der Waals surface area contributed by atoms with Crippen molar-refractivity contribution in [3.8, 4) is 5.69 Å². The maximum absolute atomic E-state index is 14.1. The first kappa shape index (κ1) is 28.0. The molecule has 1 aliphatic rings. The number of likely N-dealkylation sites (N-methyl/N-ethyl adjacent to an activating group) is 1. The summed E-state index contributed by atoms with van der Waals surface area (Å²) in [6.07, 6.45) is -4.30. The Labute approximate surface area is 233 Å². The molecule has 41 heavy (non-hydrogen) atoms. The summed E-state index contributed by atoms with van der Waals surface area (Å²) in [5, 5.41) is 7.51. The SMILES string of the molecule is CCN1C(=O)[C@H](NC(=O)c2cccc(C(F)(F)F)c2)[C@H](c2ccc(F)cc2)c2c(CCN)nn(-c3ccccc3)c21. The van der Waals surface area contributed by atoms with Crippen molar-refractivity contribution in [2.45, 2.75) is 31.5 Å². The monoisotopic (exact) mass is 565 g/mol. The van der Waals surface area contributed by atoms with Gasteiger partial charge in [-0.15, -0.1) is 0 Å². The van der Waals surface area contributed by atoms with E-state index in [2.05, 4.69) is 5.32 Å². The number of nitrogens with two attached hydrogens (primary N) is 1. The van der Waals surface area contributed by atoms with E-state index in [1.807, 2.05) is 30.3 Å². The van der Waals surface area contributed by atoms with Crippen LogP contribution in [0.25, 0.3) is 5.69 Å². The predicted octanol–water partition coefficient (Wildman–Crippen LogP) is 4.83. The highest BCUT2D eigenvalue weighted by atomic mass is 19.4. The minimum atomic E-state index is -4.65. The van der Waals surface area contributed by atoms with Gasteiger partial charge in [-0.25, -0.2) is 9.07 Å². The Hall–Kier alpha value is -4.51. The van der Waals surface area contributed by atoms with Crippen molar-refractivity contribution in [3.63, 3.8) is 0 Å². The molecule has 1 aliphatic heterocycles. The first-order valence-electron chi connectivity index (χ1n) is 13.1. The largest absolute Gasteiger partial charge is 0.416 e. The van der Waals surface area contributed by atoms with Gasteiger partial charge in [0.15, 0.2) is 0 Å². The topological polar surface area (TPSA) is 93.2 Å². The number of rotatable bonds is 7. The van der Waals surface area contributed by atoms with Gasteiger partial charge in [-0.1, -0.05) is 36.4 Å². The highest BCUT2D eigenvalue weighted by Crippen LogP contribution is 2.44. The zero-order chi connectivity index (χ0) is 29.3. The number of halogens is 4. The van der Waals surface area contributed by atoms with Crippen LogP contribution in [0.3, 0.4) is 0 Å². The first-order chi connectivity index (χ1) is 19.6. The molecule has 2 amide bonds. The predicted molar refractivity (Wildman–Crippen MR) is 145 cm³/mol. The number of nitrogens with zero attached hydrogens (tertiary/aromatic N) is 3. The average Bonchev–Trinajstić information content (AvgIpc) is 3.33. The molecule has 1 aromatic heterocycles. The second-order valence-corrected chi connectivity index (χ2v) is 9.61. The molecule has 4 aromatic rings. The standard InChI is InChI=1S/C30H27F4N5O2/c1-2-38-28-25(23(15-16-35)37-39(28)22-9-4-3-5-10-22)24(18-11-13-21(31)14-12-18)26(29(38)41)36-27(40)19-7-6-8-20(17-19)30(32,33)34/h3-14,17,24,26H,2,15-16,35H2,1H3,(H,36,40)/t24-,26-/m1/s1. The molecule has 0 spiro atoms. The van der Waals surface area contributed by atoms with E-state index >= 15 is 0 Å². The van der Waals surface area contributed by atoms with E-state index in [9.17, 15) is 27.2 Å². The van der Waals surface area contributed by atoms with Crippen LogP contribution in [0.2, 0.25) is 0 Å². The molecule has 3 aromatic carbocycles. The lowest BCUT2D eigenvalue weighted by Crippen LogP contribution is -2.55. The second-order valence-electron chi connectivity index (χ2n) is 9.61. The number of amides is 2. The lowest BCUT2D eigenvalue weighted by molar-refractivity contribution is -0.137. The highest BCUT2D eigenvalue weighted by molar-refractivity contribution is 6.05. The van der Waals surface area contributed by atoms with E-state index in [1.165, 1.54) is 35.2 Å². The van der Waals surface area contributed by atoms with Crippen LogP contribution < -0.4 is 16.0 Å². The molecule has 0 bridgehead atoms. The first-order valence-corrected chi connectivity index (χ1v) is 13.1. The van der Waals surface area contributed by atoms with Gasteiger partial charge in [-0.3, -0.25) is 14.5 Å². The van der Waals surface area contributed by atoms with Crippen LogP contribution in [-0.4, -0.2) is 40.7 Å². The molecule has 0 unspecified atom stereocenters. The van der Waals surface area contributed by atoms with Crippen LogP contribution in [0.15, 0.2) is 78.9 Å². The van der Waals surface area contributed by atoms with Crippen LogP contribution in [0.4, 0.5) is 23.4 Å². The lowest BCUT2D eigenvalue weighted by Gasteiger charge is -2.38. The fraction of sp³-hybridized carbons (Fsp3) is 0.233. The highest BCUT2D eigenvalue weighted by Gasteiger charge is 2.46. The molecule has 0 saturated heterocycles. The Balaban J connectivity index is 1.68. The number of alkyl halides is 3. The molecule has 0 saturated carbocycles. The van der Waals surface area contributed by atoms with Crippen LogP contribution in [0.5, 0.6) is 0 Å². The van der Waals surface area contributed by atoms with Crippen molar-refractivity contribution in [2.75, 3.05) is 18.0 Å². The quantitative estimate of drug-likeness (QED) is 0.314. The van der Waals surface area contributed by atoms with Gasteiger partial charge in [0.05, 0.1) is 16.9 Å². The van der Waals surface area contributed by atoms with Gasteiger partial charge in [0, 0.05) is 30.0 Å². The molecule has 0 fully saturated rings. The molecule has 0 aliphatic carbocycles. The number of anilines is 1. The summed E-state index contributed by atoms with van der Waals surface area (Å²) in [7, 11) is 0. The number of hydrogen-bond donors (Lipinski definition) is 2. The van der Waals surface area contributed by atoms with Gasteiger partial charge in [0.25, 0.3) is 11.8 Å². The van der Waals surface area contributed by atoms with E-state index in [0.29, 0.717) is 34.7 Å². The minimum absolute atomic E-state index is 0.221. The number of aromatic nitrogens is 2. The molecule has 3 N–H and O–H groups in total. The minimum Gasteiger partial charge on any atom is -0.339 e. The Morgan fingerprint density at radius 1 is 1.02 bits per heavy atom. The Bertz CT molecular complexity index is 1570. The third-order valence-corrected chi connectivity index (χ3v) is 7.07. The summed E-state index contributed by atoms with van der Waals surface area (Å²) < 4.78 is 55.7. The molecular weight excluding hydrogens is 538 g/mol. The van der Waals surface area contributed by atoms with Gasteiger partial charge in [0.2, 0.25) is 0 Å². The fourth-order valence-electron chi connectivity index (χ4n) is 5.24. The number of para-hydroxylation sites is 1. The zero-order valence-corrected chi connectivity index (χ0v) is 22.0. The zero-order valence-electron chi connectivity index (χ0n) is 22.0. The van der Waals surface area contributed by atoms with E-state index in [1.54, 1.807) is 11.6 Å². The molecule has 212 valence electrons. The maximum atomic E-state index is 14.1. The number of carbonyl (C=O) groups excluding carboxylic acids is 2. The van der Waals surface area contributed by atoms with Gasteiger partial charge >= 0.3 is 6.18 Å². The number of carbonyl (C=O) groups is 2. The smallest absolute Gasteiger partial charge is 0.339 e. The summed E-state index contributed by atoms with van der Waals surface area (Å²) in [5.41, 5.74) is 7.14. The van der Waals surface area contributed by atoms with Gasteiger partial charge in [-0.05, 0) is 61.5 Å². The number of fused-ring (bicyclic) bond motifs is 1. The van der Waals surface area contributed by atoms with E-state index in [4.69, 9.17) is 10.8 Å². The summed E-state index contributed by atoms with van der Waals surface area (Å²) in [5.74, 6) is -2.15. The molecule has 2 atom stereocenters. The third kappa shape index (κ3) is 5.32. The molecular formula is C30H27F4N5O2. The van der Waals surface area contributed by atoms with Crippen molar-refractivity contribution < 1.29 is 27.2 Å². The summed E-state index contributed by atoms with van der Waals surface area (Å²) in [6.45, 7) is 2.24. The van der Waals surface area contributed by atoms with E-state index in [0.717, 1.165) is 18.2 Å². The second kappa shape index (κ2) is 11.2. The molecule has 5 rings (SSSR count). The molecule has 0 radical (unpaired) electrons. The third-order valence-electron chi connectivity index (χ3n) is 7.07. The fourth-order valence-corrected chi connectivity index (χ4v) is 5.24. The molecule has 7 nitrogen and oxygen atoms in total. The molecule has 2 heterocycles. The summed E-state index contributed by atoms with van der Waals surface area (Å²) in [4.78, 5) is 29.0. The van der Waals surface area contributed by atoms with Crippen LogP contribution in [0.1, 0.15) is 45.6 Å². The Morgan fingerprint density at radius 3 is 2.37 bits per heavy atom. The van der Waals surface area contributed by atoms with Gasteiger partial charge < -0.3 is 11.1 Å². The summed E-state index contributed by atoms with van der Waals surface area (Å²) >= 11 is 0. The number of nitrogens with one attached hydrogen (secondary N) is 1. The number of benzene rings is 3. The van der Waals surface area contributed by atoms with Crippen molar-refractivity contribution in [1.29, 1.82) is 0 Å². The summed E-state index contributed by atoms with van der Waals surface area (Å²) in [6, 6.07) is 17.5. The van der Waals surface area contributed by atoms with Crippen molar-refractivity contribution in [3.05, 3.63) is 113 Å². The van der Waals surface area contributed by atoms with Crippen LogP contribution >= 0.6 is 0 Å². The Morgan fingerprint density at radius 2 is 1.73 bits per heavy atom. The van der Waals surface area contributed by atoms with E-state index in [-0.39, 0.29) is 18.7 Å². The van der Waals surface area contributed by atoms with Gasteiger partial charge in [0.1, 0.15) is 17.7 Å². The molecule has 11 heteroatoms. The van der Waals surface area contributed by atoms with Crippen molar-refractivity contribution in [2.24, 2.45) is 5.73 Å². The van der Waals surface area contributed by atoms with Crippen molar-refractivity contribution in [1.82, 2.24) is 15.1 Å². The number of hydrogen-bond acceptors (Lipinski definition) is 4. The average molecular weight is 566 g/mol. The van der Waals surface area contributed by atoms with Crippen LogP contribution in [0, 0.1) is 5.82 Å². The maximum Gasteiger partial charge on any atom is 0.416 e. The van der Waals surface area contributed by atoms with E-state index < -0.39 is 41.3 Å². The van der Waals surface area contributed by atoms with Crippen molar-refractivity contribution >= 4 is 17.6 Å². The normalized spacial score (nSPS) is 16.9.